The van der Waals surface area contributed by atoms with Crippen molar-refractivity contribution in [2.45, 2.75) is 68.6 Å². The van der Waals surface area contributed by atoms with E-state index in [1.54, 1.807) is 17.8 Å². The van der Waals surface area contributed by atoms with Crippen molar-refractivity contribution in [3.05, 3.63) is 30.0 Å². The zero-order chi connectivity index (χ0) is 24.5. The third-order valence-corrected chi connectivity index (χ3v) is 7.28. The van der Waals surface area contributed by atoms with Gasteiger partial charge in [-0.05, 0) is 32.8 Å². The lowest BCUT2D eigenvalue weighted by Crippen LogP contribution is -2.42. The standard InChI is InChI=1S/C23H28F3N5O2S/c1-23(2,33)19(24)10-28-22(32)15-9-27-20(8-17(15)30-14-5-12(6-14)21(25)26)31-13-3-4-16-18(7-13)34-11-29-16/h3-4,8-9,11-12,14,16,18-19,21,33H,5-7,10H2,1-2H3,(H,27,30)(H,28,32). The lowest BCUT2D eigenvalue weighted by atomic mass is 9.80. The molecule has 3 N–H and O–H groups in total. The van der Waals surface area contributed by atoms with Crippen molar-refractivity contribution in [2.24, 2.45) is 15.9 Å². The highest BCUT2D eigenvalue weighted by molar-refractivity contribution is 8.13. The van der Waals surface area contributed by atoms with Gasteiger partial charge < -0.3 is 15.7 Å². The first kappa shape index (κ1) is 24.7. The topological polar surface area (TPSA) is 99.0 Å². The average Bonchev–Trinajstić information content (AvgIpc) is 3.21. The van der Waals surface area contributed by atoms with E-state index < -0.39 is 30.0 Å². The molecule has 0 bridgehead atoms. The normalized spacial score (nSPS) is 28.0. The molecule has 1 aromatic heterocycles. The van der Waals surface area contributed by atoms with Crippen molar-refractivity contribution in [3.63, 3.8) is 0 Å². The Labute approximate surface area is 200 Å². The number of nitrogens with zero attached hydrogens (tertiary/aromatic N) is 3. The second-order valence-corrected chi connectivity index (χ2v) is 10.5. The number of hydrogen-bond donors (Lipinski definition) is 3. The van der Waals surface area contributed by atoms with Gasteiger partial charge in [-0.3, -0.25) is 9.79 Å². The molecular weight excluding hydrogens is 467 g/mol. The highest BCUT2D eigenvalue weighted by Crippen LogP contribution is 2.36. The number of halogens is 3. The monoisotopic (exact) mass is 495 g/mol. The van der Waals surface area contributed by atoms with Gasteiger partial charge in [0.05, 0.1) is 35.0 Å². The summed E-state index contributed by atoms with van der Waals surface area (Å²) in [5.41, 5.74) is 1.65. The SMILES string of the molecule is CC(C)(O)C(F)CNC(=O)c1cnc(N=C2C=CC3N=CSC3C2)cc1NC1CC(C(F)F)C1. The lowest BCUT2D eigenvalue weighted by Gasteiger charge is -2.36. The molecule has 184 valence electrons. The Morgan fingerprint density at radius 1 is 1.35 bits per heavy atom. The number of rotatable bonds is 8. The van der Waals surface area contributed by atoms with Crippen LogP contribution in [-0.4, -0.2) is 69.3 Å². The zero-order valence-electron chi connectivity index (χ0n) is 18.9. The molecule has 1 fully saturated rings. The number of hydrogen-bond acceptors (Lipinski definition) is 7. The number of thioether (sulfide) groups is 1. The summed E-state index contributed by atoms with van der Waals surface area (Å²) in [5, 5.41) is 15.7. The van der Waals surface area contributed by atoms with Crippen molar-refractivity contribution in [1.82, 2.24) is 10.3 Å². The summed E-state index contributed by atoms with van der Waals surface area (Å²) in [6, 6.07) is 1.56. The minimum atomic E-state index is -2.37. The average molecular weight is 496 g/mol. The number of amides is 1. The Morgan fingerprint density at radius 2 is 2.12 bits per heavy atom. The maximum Gasteiger partial charge on any atom is 0.255 e. The Kier molecular flexibility index (Phi) is 7.32. The van der Waals surface area contributed by atoms with Crippen LogP contribution in [-0.2, 0) is 0 Å². The number of alkyl halides is 3. The molecule has 1 amide bonds. The number of anilines is 1. The molecule has 3 unspecified atom stereocenters. The summed E-state index contributed by atoms with van der Waals surface area (Å²) < 4.78 is 39.9. The molecule has 1 aromatic rings. The fraction of sp³-hybridized carbons (Fsp3) is 0.565. The predicted molar refractivity (Wildman–Crippen MR) is 128 cm³/mol. The highest BCUT2D eigenvalue weighted by atomic mass is 32.2. The van der Waals surface area contributed by atoms with E-state index in [0.29, 0.717) is 29.6 Å². The molecule has 0 aromatic carbocycles. The van der Waals surface area contributed by atoms with E-state index in [2.05, 4.69) is 25.6 Å². The quantitative estimate of drug-likeness (QED) is 0.508. The molecule has 2 aliphatic carbocycles. The number of pyridine rings is 1. The van der Waals surface area contributed by atoms with Crippen molar-refractivity contribution < 1.29 is 23.1 Å². The Hall–Kier alpha value is -2.40. The molecule has 11 heteroatoms. The first-order chi connectivity index (χ1) is 16.1. The van der Waals surface area contributed by atoms with Gasteiger partial charge in [0.1, 0.15) is 6.17 Å². The number of fused-ring (bicyclic) bond motifs is 1. The van der Waals surface area contributed by atoms with E-state index in [1.807, 2.05) is 17.7 Å². The molecule has 7 nitrogen and oxygen atoms in total. The van der Waals surface area contributed by atoms with Gasteiger partial charge in [0, 0.05) is 41.6 Å². The first-order valence-corrected chi connectivity index (χ1v) is 12.2. The van der Waals surface area contributed by atoms with E-state index >= 15 is 0 Å². The van der Waals surface area contributed by atoms with Crippen LogP contribution < -0.4 is 10.6 Å². The van der Waals surface area contributed by atoms with Gasteiger partial charge in [-0.1, -0.05) is 6.08 Å². The van der Waals surface area contributed by atoms with Crippen LogP contribution in [0.25, 0.3) is 0 Å². The molecule has 4 rings (SSSR count). The lowest BCUT2D eigenvalue weighted by molar-refractivity contribution is -0.00178. The van der Waals surface area contributed by atoms with E-state index in [-0.39, 0.29) is 24.2 Å². The number of aromatic nitrogens is 1. The number of nitrogens with one attached hydrogen (secondary N) is 2. The summed E-state index contributed by atoms with van der Waals surface area (Å²) in [6.07, 6.45) is 2.54. The van der Waals surface area contributed by atoms with Gasteiger partial charge in [-0.25, -0.2) is 23.1 Å². The van der Waals surface area contributed by atoms with E-state index in [9.17, 15) is 23.1 Å². The molecule has 34 heavy (non-hydrogen) atoms. The maximum atomic E-state index is 14.1. The van der Waals surface area contributed by atoms with Crippen LogP contribution in [0.15, 0.2) is 34.4 Å². The third-order valence-electron chi connectivity index (χ3n) is 6.24. The van der Waals surface area contributed by atoms with Crippen LogP contribution in [0.5, 0.6) is 0 Å². The van der Waals surface area contributed by atoms with Gasteiger partial charge in [-0.15, -0.1) is 11.8 Å². The van der Waals surface area contributed by atoms with Crippen molar-refractivity contribution in [3.8, 4) is 0 Å². The van der Waals surface area contributed by atoms with E-state index in [1.165, 1.54) is 20.0 Å². The number of carbonyl (C=O) groups is 1. The summed E-state index contributed by atoms with van der Waals surface area (Å²) in [4.78, 5) is 26.0. The summed E-state index contributed by atoms with van der Waals surface area (Å²) >= 11 is 1.66. The molecule has 2 heterocycles. The van der Waals surface area contributed by atoms with Crippen molar-refractivity contribution >= 4 is 40.4 Å². The molecule has 3 atom stereocenters. The Balaban J connectivity index is 1.51. The molecule has 0 spiro atoms. The molecule has 3 aliphatic rings. The summed E-state index contributed by atoms with van der Waals surface area (Å²) in [7, 11) is 0. The summed E-state index contributed by atoms with van der Waals surface area (Å²) in [5.74, 6) is -0.863. The molecule has 0 radical (unpaired) electrons. The van der Waals surface area contributed by atoms with Crippen LogP contribution in [0.4, 0.5) is 24.7 Å². The first-order valence-electron chi connectivity index (χ1n) is 11.2. The number of aliphatic imine (C=N–C) groups is 2. The van der Waals surface area contributed by atoms with Gasteiger partial charge in [0.15, 0.2) is 5.82 Å². The third kappa shape index (κ3) is 5.80. The van der Waals surface area contributed by atoms with Crippen LogP contribution in [0, 0.1) is 5.92 Å². The Morgan fingerprint density at radius 3 is 2.82 bits per heavy atom. The van der Waals surface area contributed by atoms with Crippen molar-refractivity contribution in [1.29, 1.82) is 0 Å². The molecular formula is C23H28F3N5O2S. The van der Waals surface area contributed by atoms with Gasteiger partial charge >= 0.3 is 0 Å². The molecule has 0 saturated heterocycles. The van der Waals surface area contributed by atoms with Crippen LogP contribution in [0.2, 0.25) is 0 Å². The van der Waals surface area contributed by atoms with E-state index in [4.69, 9.17) is 0 Å². The number of aliphatic hydroxyl groups is 1. The minimum absolute atomic E-state index is 0.157. The van der Waals surface area contributed by atoms with Gasteiger partial charge in [0.25, 0.3) is 5.91 Å². The van der Waals surface area contributed by atoms with Gasteiger partial charge in [0.2, 0.25) is 6.43 Å². The number of carbonyl (C=O) groups excluding carboxylic acids is 1. The minimum Gasteiger partial charge on any atom is -0.387 e. The highest BCUT2D eigenvalue weighted by Gasteiger charge is 2.36. The molecule has 1 aliphatic heterocycles. The number of allylic oxidation sites excluding steroid dienone is 1. The fourth-order valence-electron chi connectivity index (χ4n) is 3.95. The fourth-order valence-corrected chi connectivity index (χ4v) is 4.91. The van der Waals surface area contributed by atoms with Crippen molar-refractivity contribution in [2.75, 3.05) is 11.9 Å². The Bertz CT molecular complexity index is 1000. The zero-order valence-corrected chi connectivity index (χ0v) is 19.7. The largest absolute Gasteiger partial charge is 0.387 e. The molecule has 1 saturated carbocycles. The van der Waals surface area contributed by atoms with Crippen LogP contribution >= 0.6 is 11.8 Å². The second-order valence-electron chi connectivity index (χ2n) is 9.41. The maximum absolute atomic E-state index is 14.1. The predicted octanol–water partition coefficient (Wildman–Crippen LogP) is 3.92. The van der Waals surface area contributed by atoms with E-state index in [0.717, 1.165) is 12.1 Å². The smallest absolute Gasteiger partial charge is 0.255 e. The van der Waals surface area contributed by atoms with Crippen LogP contribution in [0.3, 0.4) is 0 Å². The summed E-state index contributed by atoms with van der Waals surface area (Å²) in [6.45, 7) is 2.26. The second kappa shape index (κ2) is 10.1. The van der Waals surface area contributed by atoms with Gasteiger partial charge in [-0.2, -0.15) is 0 Å². The van der Waals surface area contributed by atoms with Crippen LogP contribution in [0.1, 0.15) is 43.5 Å².